The van der Waals surface area contributed by atoms with Gasteiger partial charge < -0.3 is 28.8 Å². The maximum Gasteiger partial charge on any atom is 0.309 e. The third-order valence-electron chi connectivity index (χ3n) is 12.2. The van der Waals surface area contributed by atoms with E-state index in [1.54, 1.807) is 42.5 Å². The number of aliphatic hydroxyl groups excluding tert-OH is 1. The number of ether oxygens (including phenoxy) is 5. The molecule has 6 rings (SSSR count). The fraction of sp³-hybridized carbons (Fsp3) is 0.500. The number of aromatic nitrogens is 1. The van der Waals surface area contributed by atoms with Gasteiger partial charge in [-0.1, -0.05) is 103 Å². The zero-order valence-corrected chi connectivity index (χ0v) is 36.0. The highest BCUT2D eigenvalue weighted by Crippen LogP contribution is 2.39. The molecule has 11 heteroatoms. The minimum absolute atomic E-state index is 0.0202. The molecule has 0 aliphatic heterocycles. The molecule has 61 heavy (non-hydrogen) atoms. The number of aliphatic hydroxyl groups is 1. The molecule has 11 nitrogen and oxygen atoms in total. The second-order valence-corrected chi connectivity index (χ2v) is 16.4. The first-order valence-corrected chi connectivity index (χ1v) is 22.3. The monoisotopic (exact) mass is 835 g/mol. The highest BCUT2D eigenvalue weighted by molar-refractivity contribution is 6.29. The number of pyridine rings is 1. The number of nitrogens with zero attached hydrogens (tertiary/aromatic N) is 1. The third kappa shape index (κ3) is 11.4. The summed E-state index contributed by atoms with van der Waals surface area (Å²) >= 11 is 0. The molecule has 1 N–H and O–H groups in total. The van der Waals surface area contributed by atoms with Crippen LogP contribution in [0.1, 0.15) is 124 Å². The Hall–Kier alpha value is -5.29. The maximum atomic E-state index is 13.9. The average Bonchev–Trinajstić information content (AvgIpc) is 3.53. The Morgan fingerprint density at radius 3 is 1.97 bits per heavy atom. The normalized spacial score (nSPS) is 20.8. The predicted octanol–water partition coefficient (Wildman–Crippen LogP) is 9.51. The van der Waals surface area contributed by atoms with Gasteiger partial charge in [0.25, 0.3) is 0 Å². The Morgan fingerprint density at radius 2 is 1.33 bits per heavy atom. The molecule has 1 heterocycles. The van der Waals surface area contributed by atoms with Crippen molar-refractivity contribution >= 4 is 34.4 Å². The zero-order chi connectivity index (χ0) is 43.3. The first-order valence-electron chi connectivity index (χ1n) is 22.3. The minimum Gasteiger partial charge on any atom is -0.490 e. The molecule has 3 aromatic carbocycles. The smallest absolute Gasteiger partial charge is 0.309 e. The van der Waals surface area contributed by atoms with E-state index in [4.69, 9.17) is 28.7 Å². The Bertz CT molecular complexity index is 2100. The number of ketones is 2. The number of benzene rings is 3. The van der Waals surface area contributed by atoms with Crippen molar-refractivity contribution in [1.29, 1.82) is 0 Å². The van der Waals surface area contributed by atoms with Crippen LogP contribution >= 0.6 is 0 Å². The second kappa shape index (κ2) is 22.0. The van der Waals surface area contributed by atoms with E-state index in [0.29, 0.717) is 34.6 Å². The molecule has 0 radical (unpaired) electrons. The molecule has 1 saturated carbocycles. The lowest BCUT2D eigenvalue weighted by Crippen LogP contribution is -2.48. The van der Waals surface area contributed by atoms with Gasteiger partial charge in [-0.25, -0.2) is 4.98 Å². The van der Waals surface area contributed by atoms with E-state index < -0.39 is 41.9 Å². The molecule has 1 fully saturated rings. The Kier molecular flexibility index (Phi) is 16.3. The number of esters is 2. The van der Waals surface area contributed by atoms with Gasteiger partial charge >= 0.3 is 11.9 Å². The molecule has 0 amide bonds. The van der Waals surface area contributed by atoms with Gasteiger partial charge in [0.1, 0.15) is 48.0 Å². The molecular formula is C50H61NO10. The van der Waals surface area contributed by atoms with Gasteiger partial charge in [0.15, 0.2) is 11.6 Å². The minimum atomic E-state index is -1.16. The van der Waals surface area contributed by atoms with Crippen LogP contribution in [-0.4, -0.2) is 72.2 Å². The SMILES string of the molecule is CCCCC(CC)COC(=O)C1CC(O)C(Oc2cccc3ccc(C4C(=O)c5ccc(OCCOc6ccccc6)cc5C4=O)nc23)CC1C(=O)OCC(CC)CCCC. The fourth-order valence-electron chi connectivity index (χ4n) is 8.33. The van der Waals surface area contributed by atoms with E-state index >= 15 is 0 Å². The molecule has 1 aromatic heterocycles. The van der Waals surface area contributed by atoms with Crippen molar-refractivity contribution in [3.8, 4) is 17.2 Å². The Morgan fingerprint density at radius 1 is 0.705 bits per heavy atom. The summed E-state index contributed by atoms with van der Waals surface area (Å²) in [6.45, 7) is 9.48. The third-order valence-corrected chi connectivity index (χ3v) is 12.2. The molecule has 2 aliphatic carbocycles. The van der Waals surface area contributed by atoms with Gasteiger partial charge in [0.2, 0.25) is 0 Å². The lowest BCUT2D eigenvalue weighted by atomic mass is 9.76. The number of rotatable bonds is 22. The number of fused-ring (bicyclic) bond motifs is 2. The summed E-state index contributed by atoms with van der Waals surface area (Å²) in [6.07, 6.45) is 5.78. The van der Waals surface area contributed by atoms with Crippen molar-refractivity contribution < 1.29 is 48.0 Å². The first-order chi connectivity index (χ1) is 29.6. The topological polar surface area (TPSA) is 148 Å². The summed E-state index contributed by atoms with van der Waals surface area (Å²) in [5.41, 5.74) is 1.22. The van der Waals surface area contributed by atoms with Crippen LogP contribution in [0.5, 0.6) is 17.2 Å². The van der Waals surface area contributed by atoms with Crippen LogP contribution in [0.4, 0.5) is 0 Å². The second-order valence-electron chi connectivity index (χ2n) is 16.4. The van der Waals surface area contributed by atoms with Gasteiger partial charge in [-0.3, -0.25) is 19.2 Å². The van der Waals surface area contributed by atoms with Gasteiger partial charge in [-0.2, -0.15) is 0 Å². The number of unbranched alkanes of at least 4 members (excludes halogenated alkanes) is 2. The highest BCUT2D eigenvalue weighted by Gasteiger charge is 2.47. The van der Waals surface area contributed by atoms with E-state index in [2.05, 4.69) is 27.7 Å². The molecule has 0 saturated heterocycles. The summed E-state index contributed by atoms with van der Waals surface area (Å²) in [5, 5.41) is 12.2. The number of hydrogen-bond donors (Lipinski definition) is 1. The summed E-state index contributed by atoms with van der Waals surface area (Å²) < 4.78 is 29.8. The molecule has 2 aliphatic rings. The molecule has 4 aromatic rings. The van der Waals surface area contributed by atoms with E-state index in [9.17, 15) is 24.3 Å². The summed E-state index contributed by atoms with van der Waals surface area (Å²) in [4.78, 5) is 60.0. The Balaban J connectivity index is 1.18. The number of hydrogen-bond acceptors (Lipinski definition) is 11. The van der Waals surface area contributed by atoms with Crippen molar-refractivity contribution in [3.63, 3.8) is 0 Å². The number of Topliss-reactive ketones (excluding diaryl/α,β-unsaturated/α-hetero) is 2. The lowest BCUT2D eigenvalue weighted by Gasteiger charge is -2.37. The lowest BCUT2D eigenvalue weighted by molar-refractivity contribution is -0.170. The van der Waals surface area contributed by atoms with Gasteiger partial charge in [0.05, 0.1) is 36.8 Å². The molecular weight excluding hydrogens is 775 g/mol. The fourth-order valence-corrected chi connectivity index (χ4v) is 8.33. The number of carbonyl (C=O) groups is 4. The highest BCUT2D eigenvalue weighted by atomic mass is 16.5. The summed E-state index contributed by atoms with van der Waals surface area (Å²) in [6, 6.07) is 23.0. The standard InChI is InChI=1S/C50H61NO10/c1-5-9-15-32(7-3)30-59-49(55)39-28-42(52)44(29-40(39)50(56)60-31-33(8-4)16-10-6-2)61-43-20-14-17-34-21-24-41(51-46(34)43)45-47(53)37-23-22-36(27-38(37)48(45)54)58-26-25-57-35-18-12-11-13-19-35/h11-14,17-24,27,32-33,39-40,42,44-45,52H,5-10,15-16,25-26,28-31H2,1-4H3. The van der Waals surface area contributed by atoms with Gasteiger partial charge in [-0.15, -0.1) is 0 Å². The van der Waals surface area contributed by atoms with Crippen LogP contribution in [0.2, 0.25) is 0 Å². The van der Waals surface area contributed by atoms with Crippen LogP contribution < -0.4 is 14.2 Å². The largest absolute Gasteiger partial charge is 0.490 e. The van der Waals surface area contributed by atoms with Gasteiger partial charge in [0, 0.05) is 22.9 Å². The average molecular weight is 836 g/mol. The molecule has 0 bridgehead atoms. The van der Waals surface area contributed by atoms with Crippen LogP contribution in [0.15, 0.2) is 78.9 Å². The molecule has 7 atom stereocenters. The Labute approximate surface area is 359 Å². The quantitative estimate of drug-likeness (QED) is 0.0459. The van der Waals surface area contributed by atoms with E-state index in [1.807, 2.05) is 36.4 Å². The van der Waals surface area contributed by atoms with E-state index in [0.717, 1.165) is 57.1 Å². The van der Waals surface area contributed by atoms with Gasteiger partial charge in [-0.05, 0) is 73.6 Å². The number of para-hydroxylation sites is 2. The van der Waals surface area contributed by atoms with Crippen LogP contribution in [0, 0.1) is 23.7 Å². The molecule has 326 valence electrons. The van der Waals surface area contributed by atoms with E-state index in [-0.39, 0.29) is 67.3 Å². The van der Waals surface area contributed by atoms with Crippen molar-refractivity contribution in [2.45, 2.75) is 110 Å². The van der Waals surface area contributed by atoms with Crippen LogP contribution in [0.3, 0.4) is 0 Å². The van der Waals surface area contributed by atoms with Crippen LogP contribution in [-0.2, 0) is 19.1 Å². The first kappa shape index (κ1) is 45.2. The summed E-state index contributed by atoms with van der Waals surface area (Å²) in [5.74, 6) is -2.78. The molecule has 0 spiro atoms. The van der Waals surface area contributed by atoms with Crippen LogP contribution in [0.25, 0.3) is 10.9 Å². The predicted molar refractivity (Wildman–Crippen MR) is 232 cm³/mol. The van der Waals surface area contributed by atoms with Crippen molar-refractivity contribution in [3.05, 3.63) is 95.7 Å². The van der Waals surface area contributed by atoms with Crippen molar-refractivity contribution in [2.75, 3.05) is 26.4 Å². The summed E-state index contributed by atoms with van der Waals surface area (Å²) in [7, 11) is 0. The van der Waals surface area contributed by atoms with Crippen molar-refractivity contribution in [1.82, 2.24) is 4.98 Å². The zero-order valence-electron chi connectivity index (χ0n) is 36.0. The number of carbonyl (C=O) groups excluding carboxylic acids is 4. The van der Waals surface area contributed by atoms with Crippen molar-refractivity contribution in [2.24, 2.45) is 23.7 Å². The van der Waals surface area contributed by atoms with E-state index in [1.165, 1.54) is 0 Å². The maximum absolute atomic E-state index is 13.9. The molecule has 7 unspecified atom stereocenters.